The molecule has 1 fully saturated rings. The minimum Gasteiger partial charge on any atom is -0.490 e. The van der Waals surface area contributed by atoms with Gasteiger partial charge in [-0.2, -0.15) is 0 Å². The number of benzene rings is 3. The Morgan fingerprint density at radius 1 is 0.969 bits per heavy atom. The number of carbonyl (C=O) groups excluding carboxylic acids is 1. The van der Waals surface area contributed by atoms with Gasteiger partial charge in [0.15, 0.2) is 0 Å². The Hall–Kier alpha value is -3.11. The van der Waals surface area contributed by atoms with Gasteiger partial charge in [-0.3, -0.25) is 9.69 Å². The van der Waals surface area contributed by atoms with Gasteiger partial charge in [0, 0.05) is 44.1 Å². The lowest BCUT2D eigenvalue weighted by atomic mass is 9.87. The summed E-state index contributed by atoms with van der Waals surface area (Å²) >= 11 is 0. The lowest BCUT2D eigenvalue weighted by Gasteiger charge is -2.19. The van der Waals surface area contributed by atoms with E-state index in [1.54, 1.807) is 0 Å². The maximum Gasteiger partial charge on any atom is 0.251 e. The summed E-state index contributed by atoms with van der Waals surface area (Å²) in [5.74, 6) is 1.58. The largest absolute Gasteiger partial charge is 0.490 e. The van der Waals surface area contributed by atoms with E-state index in [1.165, 1.54) is 11.1 Å². The van der Waals surface area contributed by atoms with Crippen LogP contribution in [0.1, 0.15) is 39.9 Å². The molecule has 0 saturated carbocycles. The Morgan fingerprint density at radius 2 is 1.69 bits per heavy atom. The van der Waals surface area contributed by atoms with E-state index >= 15 is 0 Å². The molecule has 2 aliphatic rings. The number of ether oxygens (including phenoxy) is 1. The molecule has 3 aromatic carbocycles. The van der Waals surface area contributed by atoms with Crippen LogP contribution in [0.3, 0.4) is 0 Å². The van der Waals surface area contributed by atoms with Crippen molar-refractivity contribution in [3.05, 3.63) is 101 Å². The fraction of sp³-hybridized carbons (Fsp3) is 0.321. The molecule has 0 aliphatic carbocycles. The van der Waals surface area contributed by atoms with Crippen LogP contribution in [0.4, 0.5) is 0 Å². The van der Waals surface area contributed by atoms with E-state index in [-0.39, 0.29) is 12.0 Å². The number of hydrogen-bond acceptors (Lipinski definition) is 3. The van der Waals surface area contributed by atoms with Gasteiger partial charge in [0.2, 0.25) is 0 Å². The maximum atomic E-state index is 12.9. The van der Waals surface area contributed by atoms with Crippen LogP contribution >= 0.6 is 0 Å². The zero-order valence-corrected chi connectivity index (χ0v) is 18.5. The van der Waals surface area contributed by atoms with E-state index in [2.05, 4.69) is 65.7 Å². The normalized spacial score (nSPS) is 21.2. The van der Waals surface area contributed by atoms with Crippen molar-refractivity contribution >= 4 is 5.91 Å². The smallest absolute Gasteiger partial charge is 0.251 e. The Balaban J connectivity index is 1.31. The summed E-state index contributed by atoms with van der Waals surface area (Å²) in [5, 5.41) is 3.16. The lowest BCUT2D eigenvalue weighted by Crippen LogP contribution is -2.29. The highest BCUT2D eigenvalue weighted by Crippen LogP contribution is 2.38. The van der Waals surface area contributed by atoms with Gasteiger partial charge in [-0.1, -0.05) is 66.7 Å². The summed E-state index contributed by atoms with van der Waals surface area (Å²) in [4.78, 5) is 15.4. The van der Waals surface area contributed by atoms with Crippen molar-refractivity contribution in [3.8, 4) is 5.75 Å². The number of nitrogens with one attached hydrogen (secondary N) is 1. The first-order valence-electron chi connectivity index (χ1n) is 11.5. The SMILES string of the molecule is C[C@H](Cc1ccccc1)Oc1ccc2c(c1)C(=O)NC[C@@H]1CN(Cc3ccccc3)C[C@@H]21. The number of nitrogens with zero attached hydrogens (tertiary/aromatic N) is 1. The zero-order valence-electron chi connectivity index (χ0n) is 18.5. The van der Waals surface area contributed by atoms with Gasteiger partial charge < -0.3 is 10.1 Å². The van der Waals surface area contributed by atoms with Crippen LogP contribution in [-0.2, 0) is 13.0 Å². The molecule has 2 aliphatic heterocycles. The topological polar surface area (TPSA) is 41.6 Å². The zero-order chi connectivity index (χ0) is 21.9. The Kier molecular flexibility index (Phi) is 5.95. The second-order valence-electron chi connectivity index (χ2n) is 9.12. The second-order valence-corrected chi connectivity index (χ2v) is 9.12. The molecule has 3 aromatic rings. The molecule has 0 unspecified atom stereocenters. The average molecular weight is 427 g/mol. The van der Waals surface area contributed by atoms with Gasteiger partial charge in [0.1, 0.15) is 5.75 Å². The van der Waals surface area contributed by atoms with E-state index in [4.69, 9.17) is 4.74 Å². The number of rotatable bonds is 6. The molecule has 0 bridgehead atoms. The Morgan fingerprint density at radius 3 is 2.44 bits per heavy atom. The van der Waals surface area contributed by atoms with Crippen LogP contribution in [0.25, 0.3) is 0 Å². The van der Waals surface area contributed by atoms with Gasteiger partial charge in [0.25, 0.3) is 5.91 Å². The molecule has 1 saturated heterocycles. The Bertz CT molecular complexity index is 1070. The highest BCUT2D eigenvalue weighted by Gasteiger charge is 2.38. The van der Waals surface area contributed by atoms with Gasteiger partial charge >= 0.3 is 0 Å². The van der Waals surface area contributed by atoms with Crippen LogP contribution in [-0.4, -0.2) is 36.5 Å². The molecule has 1 N–H and O–H groups in total. The van der Waals surface area contributed by atoms with Crippen LogP contribution in [0.15, 0.2) is 78.9 Å². The molecule has 4 heteroatoms. The molecule has 5 rings (SSSR count). The van der Waals surface area contributed by atoms with Crippen LogP contribution < -0.4 is 10.1 Å². The second kappa shape index (κ2) is 9.17. The summed E-state index contributed by atoms with van der Waals surface area (Å²) in [6.07, 6.45) is 0.869. The fourth-order valence-corrected chi connectivity index (χ4v) is 5.16. The summed E-state index contributed by atoms with van der Waals surface area (Å²) in [5.41, 5.74) is 4.51. The summed E-state index contributed by atoms with van der Waals surface area (Å²) in [6.45, 7) is 5.74. The number of amides is 1. The number of hydrogen-bond donors (Lipinski definition) is 1. The Labute approximate surface area is 190 Å². The molecule has 2 heterocycles. The van der Waals surface area contributed by atoms with Gasteiger partial charge in [-0.05, 0) is 41.7 Å². The summed E-state index contributed by atoms with van der Waals surface area (Å²) < 4.78 is 6.19. The van der Waals surface area contributed by atoms with E-state index in [0.29, 0.717) is 11.8 Å². The van der Waals surface area contributed by atoms with Gasteiger partial charge in [-0.15, -0.1) is 0 Å². The standard InChI is InChI=1S/C28H30N2O2/c1-20(14-21-8-4-2-5-9-21)32-24-12-13-25-26(15-24)28(31)29-16-23-18-30(19-27(23)25)17-22-10-6-3-7-11-22/h2-13,15,20,23,27H,14,16-19H2,1H3,(H,29,31)/t20-,23-,27-/m1/s1. The first kappa shape index (κ1) is 20.8. The summed E-state index contributed by atoms with van der Waals surface area (Å²) in [7, 11) is 0. The summed E-state index contributed by atoms with van der Waals surface area (Å²) in [6, 6.07) is 27.1. The predicted molar refractivity (Wildman–Crippen MR) is 127 cm³/mol. The minimum absolute atomic E-state index is 0.0187. The van der Waals surface area contributed by atoms with Crippen molar-refractivity contribution < 1.29 is 9.53 Å². The van der Waals surface area contributed by atoms with Crippen molar-refractivity contribution in [1.82, 2.24) is 10.2 Å². The van der Waals surface area contributed by atoms with Gasteiger partial charge in [-0.25, -0.2) is 0 Å². The van der Waals surface area contributed by atoms with Crippen molar-refractivity contribution in [1.29, 1.82) is 0 Å². The van der Waals surface area contributed by atoms with E-state index < -0.39 is 0 Å². The minimum atomic E-state index is 0.0187. The molecular weight excluding hydrogens is 396 g/mol. The molecule has 32 heavy (non-hydrogen) atoms. The van der Waals surface area contributed by atoms with Crippen LogP contribution in [0.5, 0.6) is 5.75 Å². The van der Waals surface area contributed by atoms with Crippen molar-refractivity contribution in [2.45, 2.75) is 31.9 Å². The lowest BCUT2D eigenvalue weighted by molar-refractivity contribution is 0.0950. The number of fused-ring (bicyclic) bond motifs is 3. The highest BCUT2D eigenvalue weighted by molar-refractivity contribution is 5.96. The van der Waals surface area contributed by atoms with Crippen molar-refractivity contribution in [2.75, 3.05) is 19.6 Å². The molecule has 0 radical (unpaired) electrons. The maximum absolute atomic E-state index is 12.9. The van der Waals surface area contributed by atoms with Gasteiger partial charge in [0.05, 0.1) is 6.10 Å². The van der Waals surface area contributed by atoms with Crippen molar-refractivity contribution in [2.24, 2.45) is 5.92 Å². The third kappa shape index (κ3) is 4.56. The van der Waals surface area contributed by atoms with Crippen LogP contribution in [0, 0.1) is 5.92 Å². The fourth-order valence-electron chi connectivity index (χ4n) is 5.16. The van der Waals surface area contributed by atoms with E-state index in [0.717, 1.165) is 49.5 Å². The first-order valence-corrected chi connectivity index (χ1v) is 11.5. The quantitative estimate of drug-likeness (QED) is 0.624. The van der Waals surface area contributed by atoms with Crippen molar-refractivity contribution in [3.63, 3.8) is 0 Å². The molecular formula is C28H30N2O2. The highest BCUT2D eigenvalue weighted by atomic mass is 16.5. The monoisotopic (exact) mass is 426 g/mol. The van der Waals surface area contributed by atoms with E-state index in [1.807, 2.05) is 30.3 Å². The number of carbonyl (C=O) groups is 1. The average Bonchev–Trinajstić information content (AvgIpc) is 3.15. The van der Waals surface area contributed by atoms with Crippen LogP contribution in [0.2, 0.25) is 0 Å². The first-order chi connectivity index (χ1) is 15.7. The molecule has 0 aromatic heterocycles. The third-order valence-corrected chi connectivity index (χ3v) is 6.66. The molecule has 164 valence electrons. The predicted octanol–water partition coefficient (Wildman–Crippen LogP) is 4.66. The number of likely N-dealkylation sites (tertiary alicyclic amines) is 1. The molecule has 0 spiro atoms. The molecule has 4 nitrogen and oxygen atoms in total. The third-order valence-electron chi connectivity index (χ3n) is 6.66. The molecule has 3 atom stereocenters. The van der Waals surface area contributed by atoms with E-state index in [9.17, 15) is 4.79 Å². The molecule has 1 amide bonds.